The van der Waals surface area contributed by atoms with Crippen LogP contribution in [0.5, 0.6) is 0 Å². The highest BCUT2D eigenvalue weighted by atomic mass is 32.2. The SMILES string of the molecule is CC(CN=C1NC2(CCCC2)CS1)CN1CCCC1. The normalized spacial score (nSPS) is 30.3. The van der Waals surface area contributed by atoms with Crippen LogP contribution in [0, 0.1) is 5.92 Å². The van der Waals surface area contributed by atoms with Crippen molar-refractivity contribution < 1.29 is 0 Å². The predicted molar refractivity (Wildman–Crippen MR) is 83.9 cm³/mol. The molecule has 2 saturated heterocycles. The summed E-state index contributed by atoms with van der Waals surface area (Å²) < 4.78 is 0. The van der Waals surface area contributed by atoms with Crippen molar-refractivity contribution in [1.29, 1.82) is 0 Å². The standard InChI is InChI=1S/C15H27N3S/c1-13(11-18-8-4-5-9-18)10-16-14-17-15(12-19-14)6-2-3-7-15/h13H,2-12H2,1H3,(H,16,17). The van der Waals surface area contributed by atoms with Crippen molar-refractivity contribution in [2.75, 3.05) is 31.9 Å². The first-order valence-corrected chi connectivity index (χ1v) is 8.92. The van der Waals surface area contributed by atoms with Crippen LogP contribution in [0.4, 0.5) is 0 Å². The maximum Gasteiger partial charge on any atom is 0.157 e. The van der Waals surface area contributed by atoms with E-state index in [0.717, 1.165) is 6.54 Å². The quantitative estimate of drug-likeness (QED) is 0.858. The fourth-order valence-corrected chi connectivity index (χ4v) is 4.84. The Labute approximate surface area is 121 Å². The minimum atomic E-state index is 0.418. The summed E-state index contributed by atoms with van der Waals surface area (Å²) in [6.45, 7) is 7.16. The van der Waals surface area contributed by atoms with Crippen LogP contribution in [-0.4, -0.2) is 47.5 Å². The molecule has 0 aromatic carbocycles. The third kappa shape index (κ3) is 3.46. The molecule has 0 amide bonds. The third-order valence-electron chi connectivity index (χ3n) is 4.73. The Morgan fingerprint density at radius 3 is 2.74 bits per heavy atom. The van der Waals surface area contributed by atoms with Crippen molar-refractivity contribution in [2.24, 2.45) is 10.9 Å². The minimum absolute atomic E-state index is 0.418. The molecule has 3 aliphatic rings. The van der Waals surface area contributed by atoms with Crippen molar-refractivity contribution >= 4 is 16.9 Å². The fourth-order valence-electron chi connectivity index (χ4n) is 3.61. The molecule has 1 saturated carbocycles. The Kier molecular flexibility index (Phi) is 4.37. The van der Waals surface area contributed by atoms with Gasteiger partial charge in [0.05, 0.1) is 0 Å². The first-order valence-electron chi connectivity index (χ1n) is 7.94. The van der Waals surface area contributed by atoms with Crippen LogP contribution in [0.2, 0.25) is 0 Å². The number of amidine groups is 1. The zero-order chi connectivity index (χ0) is 13.1. The number of thioether (sulfide) groups is 1. The van der Waals surface area contributed by atoms with E-state index in [-0.39, 0.29) is 0 Å². The molecule has 1 unspecified atom stereocenters. The summed E-state index contributed by atoms with van der Waals surface area (Å²) in [6.07, 6.45) is 8.27. The Morgan fingerprint density at radius 2 is 2.00 bits per heavy atom. The van der Waals surface area contributed by atoms with Crippen LogP contribution in [0.15, 0.2) is 4.99 Å². The molecule has 1 atom stereocenters. The second-order valence-electron chi connectivity index (χ2n) is 6.66. The van der Waals surface area contributed by atoms with E-state index >= 15 is 0 Å². The van der Waals surface area contributed by atoms with E-state index in [4.69, 9.17) is 4.99 Å². The molecule has 1 spiro atoms. The van der Waals surface area contributed by atoms with Gasteiger partial charge in [-0.25, -0.2) is 0 Å². The molecule has 2 aliphatic heterocycles. The number of rotatable bonds is 4. The van der Waals surface area contributed by atoms with E-state index in [2.05, 4.69) is 17.1 Å². The molecule has 0 radical (unpaired) electrons. The maximum absolute atomic E-state index is 4.83. The second-order valence-corrected chi connectivity index (χ2v) is 7.62. The highest BCUT2D eigenvalue weighted by Crippen LogP contribution is 2.37. The molecule has 1 aliphatic carbocycles. The summed E-state index contributed by atoms with van der Waals surface area (Å²) in [4.78, 5) is 7.42. The van der Waals surface area contributed by atoms with Crippen LogP contribution in [0.3, 0.4) is 0 Å². The predicted octanol–water partition coefficient (Wildman–Crippen LogP) is 2.72. The summed E-state index contributed by atoms with van der Waals surface area (Å²) >= 11 is 1.95. The van der Waals surface area contributed by atoms with Gasteiger partial charge in [-0.15, -0.1) is 0 Å². The van der Waals surface area contributed by atoms with E-state index in [1.165, 1.54) is 69.1 Å². The Balaban J connectivity index is 1.44. The zero-order valence-electron chi connectivity index (χ0n) is 12.2. The molecular weight excluding hydrogens is 254 g/mol. The fraction of sp³-hybridized carbons (Fsp3) is 0.933. The van der Waals surface area contributed by atoms with Gasteiger partial charge >= 0.3 is 0 Å². The van der Waals surface area contributed by atoms with E-state index < -0.39 is 0 Å². The minimum Gasteiger partial charge on any atom is -0.359 e. The molecule has 0 bridgehead atoms. The smallest absolute Gasteiger partial charge is 0.157 e. The maximum atomic E-state index is 4.83. The summed E-state index contributed by atoms with van der Waals surface area (Å²) in [5.41, 5.74) is 0.418. The van der Waals surface area contributed by atoms with Gasteiger partial charge in [0, 0.05) is 24.4 Å². The summed E-state index contributed by atoms with van der Waals surface area (Å²) in [5.74, 6) is 1.93. The third-order valence-corrected chi connectivity index (χ3v) is 5.93. The number of likely N-dealkylation sites (tertiary alicyclic amines) is 1. The monoisotopic (exact) mass is 281 g/mol. The lowest BCUT2D eigenvalue weighted by Crippen LogP contribution is -2.40. The van der Waals surface area contributed by atoms with Gasteiger partial charge in [0.2, 0.25) is 0 Å². The Morgan fingerprint density at radius 1 is 1.26 bits per heavy atom. The Bertz CT molecular complexity index is 330. The molecular formula is C15H27N3S. The first-order chi connectivity index (χ1) is 9.26. The lowest BCUT2D eigenvalue weighted by atomic mass is 10.0. The van der Waals surface area contributed by atoms with Crippen molar-refractivity contribution in [2.45, 2.75) is 51.0 Å². The van der Waals surface area contributed by atoms with Crippen molar-refractivity contribution in [3.05, 3.63) is 0 Å². The van der Waals surface area contributed by atoms with E-state index in [1.54, 1.807) is 0 Å². The lowest BCUT2D eigenvalue weighted by molar-refractivity contribution is 0.291. The van der Waals surface area contributed by atoms with Gasteiger partial charge < -0.3 is 10.2 Å². The first kappa shape index (κ1) is 13.7. The Hall–Kier alpha value is -0.220. The van der Waals surface area contributed by atoms with Crippen LogP contribution >= 0.6 is 11.8 Å². The van der Waals surface area contributed by atoms with Gasteiger partial charge in [-0.2, -0.15) is 0 Å². The van der Waals surface area contributed by atoms with Crippen molar-refractivity contribution in [3.8, 4) is 0 Å². The van der Waals surface area contributed by atoms with Gasteiger partial charge in [-0.3, -0.25) is 4.99 Å². The van der Waals surface area contributed by atoms with Gasteiger partial charge in [0.1, 0.15) is 0 Å². The summed E-state index contributed by atoms with van der Waals surface area (Å²) in [6, 6.07) is 0. The largest absolute Gasteiger partial charge is 0.359 e. The number of nitrogens with zero attached hydrogens (tertiary/aromatic N) is 2. The van der Waals surface area contributed by atoms with Crippen LogP contribution < -0.4 is 5.32 Å². The zero-order valence-corrected chi connectivity index (χ0v) is 13.0. The molecule has 0 aromatic rings. The van der Waals surface area contributed by atoms with Crippen molar-refractivity contribution in [3.63, 3.8) is 0 Å². The van der Waals surface area contributed by atoms with Gasteiger partial charge in [-0.05, 0) is 44.7 Å². The average molecular weight is 281 g/mol. The van der Waals surface area contributed by atoms with Crippen LogP contribution in [-0.2, 0) is 0 Å². The molecule has 2 heterocycles. The number of hydrogen-bond donors (Lipinski definition) is 1. The molecule has 3 nitrogen and oxygen atoms in total. The molecule has 108 valence electrons. The second kappa shape index (κ2) is 6.04. The number of hydrogen-bond acceptors (Lipinski definition) is 3. The molecule has 4 heteroatoms. The van der Waals surface area contributed by atoms with Crippen LogP contribution in [0.1, 0.15) is 45.4 Å². The molecule has 3 rings (SSSR count). The molecule has 19 heavy (non-hydrogen) atoms. The van der Waals surface area contributed by atoms with E-state index in [9.17, 15) is 0 Å². The summed E-state index contributed by atoms with van der Waals surface area (Å²) in [5, 5.41) is 4.93. The number of aliphatic imine (C=N–C) groups is 1. The molecule has 0 aromatic heterocycles. The van der Waals surface area contributed by atoms with Gasteiger partial charge in [-0.1, -0.05) is 31.5 Å². The summed E-state index contributed by atoms with van der Waals surface area (Å²) in [7, 11) is 0. The highest BCUT2D eigenvalue weighted by molar-refractivity contribution is 8.14. The lowest BCUT2D eigenvalue weighted by Gasteiger charge is -2.22. The number of nitrogens with one attached hydrogen (secondary N) is 1. The van der Waals surface area contributed by atoms with Crippen molar-refractivity contribution in [1.82, 2.24) is 10.2 Å². The topological polar surface area (TPSA) is 27.6 Å². The van der Waals surface area contributed by atoms with E-state index in [0.29, 0.717) is 11.5 Å². The highest BCUT2D eigenvalue weighted by Gasteiger charge is 2.39. The van der Waals surface area contributed by atoms with Gasteiger partial charge in [0.15, 0.2) is 5.17 Å². The average Bonchev–Trinajstić information content (AvgIpc) is 3.12. The molecule has 3 fully saturated rings. The van der Waals surface area contributed by atoms with E-state index in [1.807, 2.05) is 11.8 Å². The van der Waals surface area contributed by atoms with Gasteiger partial charge in [0.25, 0.3) is 0 Å². The molecule has 1 N–H and O–H groups in total. The van der Waals surface area contributed by atoms with Crippen LogP contribution in [0.25, 0.3) is 0 Å².